The van der Waals surface area contributed by atoms with Crippen LogP contribution in [0.2, 0.25) is 0 Å². The van der Waals surface area contributed by atoms with Crippen molar-refractivity contribution >= 4 is 20.5 Å². The molecule has 0 aromatic heterocycles. The summed E-state index contributed by atoms with van der Waals surface area (Å²) in [6.07, 6.45) is 13.3. The monoisotopic (exact) mass is 468 g/mol. The van der Waals surface area contributed by atoms with Gasteiger partial charge in [0, 0.05) is 10.4 Å². The molecule has 1 rings (SSSR count). The summed E-state index contributed by atoms with van der Waals surface area (Å²) < 4.78 is 65.9. The van der Waals surface area contributed by atoms with Crippen molar-refractivity contribution in [1.82, 2.24) is 0 Å². The number of benzene rings is 1. The molecule has 7 nitrogen and oxygen atoms in total. The van der Waals surface area contributed by atoms with E-state index in [-0.39, 0.29) is 64.0 Å². The van der Waals surface area contributed by atoms with Gasteiger partial charge in [0.05, 0.1) is 4.90 Å². The third kappa shape index (κ3) is 23.5. The summed E-state index contributed by atoms with van der Waals surface area (Å²) in [7, 11) is -9.26. The Labute approximate surface area is 220 Å². The summed E-state index contributed by atoms with van der Waals surface area (Å²) in [6.45, 7) is 2.24. The average molecular weight is 469 g/mol. The summed E-state index contributed by atoms with van der Waals surface area (Å²) in [6, 6.07) is 6.73. The Kier molecular flexibility index (Phi) is 23.5. The summed E-state index contributed by atoms with van der Waals surface area (Å²) in [4.78, 5) is 0.0610. The van der Waals surface area contributed by atoms with Gasteiger partial charge in [-0.2, -0.15) is 8.42 Å². The van der Waals surface area contributed by atoms with Crippen molar-refractivity contribution in [3.05, 3.63) is 29.8 Å². The molecule has 0 saturated heterocycles. The number of unbranched alkanes of at least 4 members (excludes halogenated alkanes) is 9. The second-order valence-corrected chi connectivity index (χ2v) is 8.63. The van der Waals surface area contributed by atoms with E-state index in [1.54, 1.807) is 12.1 Å². The molecule has 0 heterocycles. The molecule has 0 amide bonds. The van der Waals surface area contributed by atoms with Crippen molar-refractivity contribution < 1.29 is 89.6 Å². The van der Waals surface area contributed by atoms with Gasteiger partial charge in [-0.05, 0) is 24.5 Å². The van der Waals surface area contributed by atoms with Crippen LogP contribution in [0, 0.1) is 0 Å². The molecule has 11 heteroatoms. The van der Waals surface area contributed by atoms with Crippen molar-refractivity contribution in [1.29, 1.82) is 0 Å². The zero-order valence-corrected chi connectivity index (χ0v) is 23.4. The van der Waals surface area contributed by atoms with Crippen LogP contribution in [-0.4, -0.2) is 30.5 Å². The molecule has 0 bridgehead atoms. The van der Waals surface area contributed by atoms with Gasteiger partial charge in [-0.25, -0.2) is 0 Å². The number of rotatable bonds is 12. The zero-order valence-electron chi connectivity index (χ0n) is 17.8. The van der Waals surface area contributed by atoms with E-state index in [9.17, 15) is 13.0 Å². The van der Waals surface area contributed by atoms with E-state index in [0.717, 1.165) is 18.4 Å². The third-order valence-electron chi connectivity index (χ3n) is 4.05. The number of hydrogen-bond acceptors (Lipinski definition) is 6. The SMILES string of the molecule is CCCCCCCCCCCCc1ccccc1S(=O)(=O)O.O=S(=O)([O-])[O-].[Na+].[Na+]. The quantitative estimate of drug-likeness (QED) is 0.163. The van der Waals surface area contributed by atoms with Gasteiger partial charge >= 0.3 is 59.1 Å². The van der Waals surface area contributed by atoms with Crippen LogP contribution < -0.4 is 59.1 Å². The second-order valence-electron chi connectivity index (χ2n) is 6.42. The predicted octanol–water partition coefficient (Wildman–Crippen LogP) is -1.93. The van der Waals surface area contributed by atoms with Crippen molar-refractivity contribution in [2.75, 3.05) is 0 Å². The molecule has 0 fully saturated rings. The van der Waals surface area contributed by atoms with Gasteiger partial charge in [-0.1, -0.05) is 82.9 Å². The summed E-state index contributed by atoms with van der Waals surface area (Å²) in [5.74, 6) is 0. The van der Waals surface area contributed by atoms with Crippen molar-refractivity contribution in [2.24, 2.45) is 0 Å². The largest absolute Gasteiger partial charge is 1.00 e. The van der Waals surface area contributed by atoms with Gasteiger partial charge < -0.3 is 9.11 Å². The Morgan fingerprint density at radius 1 is 0.759 bits per heavy atom. The van der Waals surface area contributed by atoms with Crippen LogP contribution in [0.4, 0.5) is 0 Å². The maximum absolute atomic E-state index is 11.3. The molecule has 1 N–H and O–H groups in total. The third-order valence-corrected chi connectivity index (χ3v) is 5.00. The molecule has 29 heavy (non-hydrogen) atoms. The minimum atomic E-state index is -5.17. The van der Waals surface area contributed by atoms with E-state index in [2.05, 4.69) is 6.92 Å². The first kappa shape index (κ1) is 34.6. The van der Waals surface area contributed by atoms with E-state index in [0.29, 0.717) is 6.42 Å². The van der Waals surface area contributed by atoms with Crippen LogP contribution in [0.1, 0.15) is 76.7 Å². The molecule has 0 radical (unpaired) electrons. The Hall–Kier alpha value is 1.000. The van der Waals surface area contributed by atoms with Gasteiger partial charge in [0.2, 0.25) is 0 Å². The molecule has 1 aromatic carbocycles. The van der Waals surface area contributed by atoms with Crippen molar-refractivity contribution in [2.45, 2.75) is 82.4 Å². The first-order valence-electron chi connectivity index (χ1n) is 9.27. The second kappa shape index (κ2) is 19.7. The fraction of sp³-hybridized carbons (Fsp3) is 0.667. The molecule has 0 unspecified atom stereocenters. The zero-order chi connectivity index (χ0) is 20.8. The fourth-order valence-electron chi connectivity index (χ4n) is 2.76. The van der Waals surface area contributed by atoms with E-state index in [1.807, 2.05) is 6.07 Å². The van der Waals surface area contributed by atoms with Gasteiger partial charge in [0.1, 0.15) is 0 Å². The smallest absolute Gasteiger partial charge is 0.759 e. The van der Waals surface area contributed by atoms with E-state index in [4.69, 9.17) is 17.5 Å². The minimum absolute atomic E-state index is 0. The molecule has 0 aliphatic rings. The standard InChI is InChI=1S/C18H30O3S.2Na.H2O4S/c1-2-3-4-5-6-7-8-9-10-11-14-17-15-12-13-16-18(17)22(19,20)21;;;1-5(2,3)4/h12-13,15-16H,2-11,14H2,1H3,(H,19,20,21);;;(H2,1,2,3,4)/q;2*+1;/p-2. The molecule has 158 valence electrons. The Morgan fingerprint density at radius 2 is 1.14 bits per heavy atom. The number of hydrogen-bond donors (Lipinski definition) is 1. The predicted molar refractivity (Wildman–Crippen MR) is 102 cm³/mol. The topological polar surface area (TPSA) is 135 Å². The van der Waals surface area contributed by atoms with Gasteiger partial charge in [-0.15, -0.1) is 0 Å². The molecule has 0 aliphatic carbocycles. The Morgan fingerprint density at radius 3 is 1.55 bits per heavy atom. The van der Waals surface area contributed by atoms with E-state index >= 15 is 0 Å². The minimum Gasteiger partial charge on any atom is -0.759 e. The molecule has 0 spiro atoms. The molecule has 0 atom stereocenters. The van der Waals surface area contributed by atoms with Crippen LogP contribution in [-0.2, 0) is 26.9 Å². The van der Waals surface area contributed by atoms with Crippen LogP contribution in [0.3, 0.4) is 0 Å². The molecule has 0 saturated carbocycles. The molecule has 0 aliphatic heterocycles. The maximum Gasteiger partial charge on any atom is 1.00 e. The van der Waals surface area contributed by atoms with Crippen molar-refractivity contribution in [3.8, 4) is 0 Å². The first-order chi connectivity index (χ1) is 12.6. The van der Waals surface area contributed by atoms with Crippen LogP contribution in [0.15, 0.2) is 29.2 Å². The summed E-state index contributed by atoms with van der Waals surface area (Å²) >= 11 is 0. The molecular weight excluding hydrogens is 438 g/mol. The molecule has 1 aromatic rings. The van der Waals surface area contributed by atoms with Gasteiger partial charge in [0.25, 0.3) is 10.1 Å². The van der Waals surface area contributed by atoms with Crippen LogP contribution >= 0.6 is 0 Å². The van der Waals surface area contributed by atoms with Gasteiger partial charge in [-0.3, -0.25) is 13.0 Å². The van der Waals surface area contributed by atoms with Gasteiger partial charge in [0.15, 0.2) is 0 Å². The molecular formula is C18H30Na2O7S2. The Bertz CT molecular complexity index is 715. The fourth-order valence-corrected chi connectivity index (χ4v) is 3.52. The van der Waals surface area contributed by atoms with E-state index in [1.165, 1.54) is 57.4 Å². The van der Waals surface area contributed by atoms with Crippen molar-refractivity contribution in [3.63, 3.8) is 0 Å². The maximum atomic E-state index is 11.3. The summed E-state index contributed by atoms with van der Waals surface area (Å²) in [5.41, 5.74) is 0.726. The normalized spacial score (nSPS) is 10.9. The van der Waals surface area contributed by atoms with E-state index < -0.39 is 20.5 Å². The van der Waals surface area contributed by atoms with Crippen LogP contribution in [0.5, 0.6) is 0 Å². The average Bonchev–Trinajstić information content (AvgIpc) is 2.54. The summed E-state index contributed by atoms with van der Waals surface area (Å²) in [5, 5.41) is 0. The van der Waals surface area contributed by atoms with Crippen LogP contribution in [0.25, 0.3) is 0 Å². The Balaban J connectivity index is -0.000000860. The first-order valence-corrected chi connectivity index (χ1v) is 12.0. The number of aryl methyl sites for hydroxylation is 1.